The molecule has 0 fully saturated rings. The lowest BCUT2D eigenvalue weighted by molar-refractivity contribution is -0.137. The first-order valence-corrected chi connectivity index (χ1v) is 8.99. The van der Waals surface area contributed by atoms with Crippen molar-refractivity contribution in [1.82, 2.24) is 0 Å². The maximum atomic E-state index is 12.9. The van der Waals surface area contributed by atoms with E-state index in [-0.39, 0.29) is 6.04 Å². The van der Waals surface area contributed by atoms with Crippen LogP contribution in [0.25, 0.3) is 10.8 Å². The van der Waals surface area contributed by atoms with Crippen molar-refractivity contribution in [3.8, 4) is 0 Å². The van der Waals surface area contributed by atoms with E-state index in [1.54, 1.807) is 0 Å². The minimum atomic E-state index is -4.34. The van der Waals surface area contributed by atoms with Crippen LogP contribution in [-0.2, 0) is 6.18 Å². The van der Waals surface area contributed by atoms with Crippen LogP contribution in [-0.4, -0.2) is 0 Å². The molecule has 4 rings (SSSR count). The molecule has 4 aromatic carbocycles. The number of hydrogen-bond donors (Lipinski definition) is 1. The molecule has 0 bridgehead atoms. The summed E-state index contributed by atoms with van der Waals surface area (Å²) in [5.74, 6) is 0. The highest BCUT2D eigenvalue weighted by molar-refractivity contribution is 5.87. The first-order chi connectivity index (χ1) is 13.5. The number of anilines is 1. The number of fused-ring (bicyclic) bond motifs is 1. The Labute approximate surface area is 161 Å². The molecule has 0 aromatic heterocycles. The van der Waals surface area contributed by atoms with Crippen LogP contribution in [0.15, 0.2) is 97.1 Å². The molecule has 1 N–H and O–H groups in total. The molecule has 4 aromatic rings. The standard InChI is InChI=1S/C24H18F3N/c25-24(26,27)19-13-15-20(16-14-19)28-23(18-8-2-1-3-9-18)22-12-6-10-17-7-4-5-11-21(17)22/h1-16,23,28H. The van der Waals surface area contributed by atoms with Gasteiger partial charge in [0.15, 0.2) is 0 Å². The second-order valence-electron chi connectivity index (χ2n) is 6.63. The maximum Gasteiger partial charge on any atom is 0.416 e. The monoisotopic (exact) mass is 377 g/mol. The number of halogens is 3. The summed E-state index contributed by atoms with van der Waals surface area (Å²) >= 11 is 0. The molecular formula is C24H18F3N. The van der Waals surface area contributed by atoms with Gasteiger partial charge in [-0.2, -0.15) is 13.2 Å². The van der Waals surface area contributed by atoms with Gasteiger partial charge < -0.3 is 5.32 Å². The Hall–Kier alpha value is -3.27. The molecule has 0 saturated carbocycles. The molecule has 0 aliphatic heterocycles. The lowest BCUT2D eigenvalue weighted by Gasteiger charge is -2.23. The van der Waals surface area contributed by atoms with E-state index >= 15 is 0 Å². The van der Waals surface area contributed by atoms with E-state index in [4.69, 9.17) is 0 Å². The van der Waals surface area contributed by atoms with E-state index in [0.29, 0.717) is 5.69 Å². The Morgan fingerprint density at radius 1 is 0.643 bits per heavy atom. The summed E-state index contributed by atoms with van der Waals surface area (Å²) in [6.45, 7) is 0. The summed E-state index contributed by atoms with van der Waals surface area (Å²) in [7, 11) is 0. The van der Waals surface area contributed by atoms with Crippen LogP contribution in [0.4, 0.5) is 18.9 Å². The van der Waals surface area contributed by atoms with Crippen molar-refractivity contribution in [2.75, 3.05) is 5.32 Å². The van der Waals surface area contributed by atoms with Crippen LogP contribution in [0.1, 0.15) is 22.7 Å². The van der Waals surface area contributed by atoms with E-state index < -0.39 is 11.7 Å². The highest BCUT2D eigenvalue weighted by atomic mass is 19.4. The molecule has 140 valence electrons. The van der Waals surface area contributed by atoms with Crippen LogP contribution in [0, 0.1) is 0 Å². The number of alkyl halides is 3. The van der Waals surface area contributed by atoms with Crippen molar-refractivity contribution in [3.05, 3.63) is 114 Å². The third kappa shape index (κ3) is 3.72. The lowest BCUT2D eigenvalue weighted by atomic mass is 9.93. The fraction of sp³-hybridized carbons (Fsp3) is 0.0833. The molecule has 1 atom stereocenters. The van der Waals surface area contributed by atoms with Gasteiger partial charge in [-0.25, -0.2) is 0 Å². The zero-order valence-electron chi connectivity index (χ0n) is 14.9. The fourth-order valence-corrected chi connectivity index (χ4v) is 3.41. The first-order valence-electron chi connectivity index (χ1n) is 8.99. The largest absolute Gasteiger partial charge is 0.416 e. The minimum absolute atomic E-state index is 0.191. The van der Waals surface area contributed by atoms with Crippen molar-refractivity contribution in [2.24, 2.45) is 0 Å². The molecule has 0 amide bonds. The zero-order chi connectivity index (χ0) is 19.6. The van der Waals surface area contributed by atoms with Crippen LogP contribution < -0.4 is 5.32 Å². The number of hydrogen-bond acceptors (Lipinski definition) is 1. The molecule has 0 spiro atoms. The Kier molecular flexibility index (Phi) is 4.78. The lowest BCUT2D eigenvalue weighted by Crippen LogP contribution is -2.13. The smallest absolute Gasteiger partial charge is 0.374 e. The van der Waals surface area contributed by atoms with E-state index in [2.05, 4.69) is 29.6 Å². The van der Waals surface area contributed by atoms with E-state index in [9.17, 15) is 13.2 Å². The predicted octanol–water partition coefficient (Wildman–Crippen LogP) is 7.06. The van der Waals surface area contributed by atoms with E-state index in [1.807, 2.05) is 48.5 Å². The number of nitrogens with one attached hydrogen (secondary N) is 1. The molecule has 4 heteroatoms. The Balaban J connectivity index is 1.77. The zero-order valence-corrected chi connectivity index (χ0v) is 14.9. The first kappa shape index (κ1) is 18.1. The van der Waals surface area contributed by atoms with Gasteiger partial charge in [0.05, 0.1) is 11.6 Å². The normalized spacial score (nSPS) is 12.7. The molecule has 0 saturated heterocycles. The fourth-order valence-electron chi connectivity index (χ4n) is 3.41. The number of benzene rings is 4. The van der Waals surface area contributed by atoms with E-state index in [0.717, 1.165) is 34.0 Å². The summed E-state index contributed by atoms with van der Waals surface area (Å²) in [6.07, 6.45) is -4.34. The second-order valence-corrected chi connectivity index (χ2v) is 6.63. The van der Waals surface area contributed by atoms with Gasteiger partial charge in [0.1, 0.15) is 0 Å². The SMILES string of the molecule is FC(F)(F)c1ccc(NC(c2ccccc2)c2cccc3ccccc23)cc1. The van der Waals surface area contributed by atoms with Gasteiger partial charge in [0, 0.05) is 5.69 Å². The maximum absolute atomic E-state index is 12.9. The van der Waals surface area contributed by atoms with Crippen molar-refractivity contribution >= 4 is 16.5 Å². The van der Waals surface area contributed by atoms with Gasteiger partial charge in [0.2, 0.25) is 0 Å². The Morgan fingerprint density at radius 2 is 1.29 bits per heavy atom. The second kappa shape index (κ2) is 7.39. The van der Waals surface area contributed by atoms with Gasteiger partial charge in [0.25, 0.3) is 0 Å². The van der Waals surface area contributed by atoms with Crippen LogP contribution in [0.2, 0.25) is 0 Å². The van der Waals surface area contributed by atoms with Gasteiger partial charge in [-0.3, -0.25) is 0 Å². The molecule has 1 unspecified atom stereocenters. The molecular weight excluding hydrogens is 359 g/mol. The van der Waals surface area contributed by atoms with Crippen molar-refractivity contribution < 1.29 is 13.2 Å². The summed E-state index contributed by atoms with van der Waals surface area (Å²) in [6, 6.07) is 29.1. The van der Waals surface area contributed by atoms with Crippen LogP contribution in [0.3, 0.4) is 0 Å². The topological polar surface area (TPSA) is 12.0 Å². The minimum Gasteiger partial charge on any atom is -0.374 e. The highest BCUT2D eigenvalue weighted by Gasteiger charge is 2.30. The van der Waals surface area contributed by atoms with Crippen LogP contribution in [0.5, 0.6) is 0 Å². The average molecular weight is 377 g/mol. The Morgan fingerprint density at radius 3 is 2.00 bits per heavy atom. The molecule has 0 radical (unpaired) electrons. The summed E-state index contributed by atoms with van der Waals surface area (Å²) < 4.78 is 38.6. The molecule has 0 aliphatic carbocycles. The molecule has 0 aliphatic rings. The van der Waals surface area contributed by atoms with Gasteiger partial charge in [-0.15, -0.1) is 0 Å². The van der Waals surface area contributed by atoms with Gasteiger partial charge in [-0.05, 0) is 46.2 Å². The summed E-state index contributed by atoms with van der Waals surface area (Å²) in [5.41, 5.74) is 2.09. The number of rotatable bonds is 4. The molecule has 1 nitrogen and oxygen atoms in total. The average Bonchev–Trinajstić information content (AvgIpc) is 2.72. The van der Waals surface area contributed by atoms with Gasteiger partial charge in [-0.1, -0.05) is 72.8 Å². The van der Waals surface area contributed by atoms with Crippen molar-refractivity contribution in [2.45, 2.75) is 12.2 Å². The van der Waals surface area contributed by atoms with Gasteiger partial charge >= 0.3 is 6.18 Å². The third-order valence-corrected chi connectivity index (χ3v) is 4.79. The predicted molar refractivity (Wildman–Crippen MR) is 107 cm³/mol. The quantitative estimate of drug-likeness (QED) is 0.401. The summed E-state index contributed by atoms with van der Waals surface area (Å²) in [4.78, 5) is 0. The van der Waals surface area contributed by atoms with Crippen molar-refractivity contribution in [1.29, 1.82) is 0 Å². The molecule has 28 heavy (non-hydrogen) atoms. The summed E-state index contributed by atoms with van der Waals surface area (Å²) in [5, 5.41) is 5.65. The van der Waals surface area contributed by atoms with E-state index in [1.165, 1.54) is 12.1 Å². The Bertz CT molecular complexity index is 1060. The highest BCUT2D eigenvalue weighted by Crippen LogP contribution is 2.34. The van der Waals surface area contributed by atoms with Crippen LogP contribution >= 0.6 is 0 Å². The van der Waals surface area contributed by atoms with Crippen molar-refractivity contribution in [3.63, 3.8) is 0 Å². The third-order valence-electron chi connectivity index (χ3n) is 4.79. The molecule has 0 heterocycles.